The summed E-state index contributed by atoms with van der Waals surface area (Å²) in [5.74, 6) is 1.63. The van der Waals surface area contributed by atoms with E-state index >= 15 is 0 Å². The van der Waals surface area contributed by atoms with Crippen molar-refractivity contribution in [3.05, 3.63) is 0 Å². The molecule has 1 saturated carbocycles. The standard InChI is InChI=1S/C14H25NO4S/c1-14(2,3)19-13(18)15-11(12(16)17)7-8-20-9-10-5-4-6-10/h10-11H,4-9H2,1-3H3,(H,15,18)(H,16,17). The van der Waals surface area contributed by atoms with Crippen LogP contribution in [0, 0.1) is 5.92 Å². The lowest BCUT2D eigenvalue weighted by molar-refractivity contribution is -0.139. The Balaban J connectivity index is 2.24. The van der Waals surface area contributed by atoms with E-state index in [0.29, 0.717) is 6.42 Å². The van der Waals surface area contributed by atoms with Gasteiger partial charge in [-0.15, -0.1) is 0 Å². The normalized spacial score (nSPS) is 17.1. The lowest BCUT2D eigenvalue weighted by Crippen LogP contribution is -2.43. The van der Waals surface area contributed by atoms with Crippen LogP contribution in [0.15, 0.2) is 0 Å². The van der Waals surface area contributed by atoms with Crippen LogP contribution in [0.4, 0.5) is 4.79 Å². The highest BCUT2D eigenvalue weighted by Gasteiger charge is 2.24. The molecule has 0 aliphatic heterocycles. The van der Waals surface area contributed by atoms with Crippen LogP contribution in [0.25, 0.3) is 0 Å². The minimum absolute atomic E-state index is 0.423. The Bertz CT molecular complexity index is 337. The first-order chi connectivity index (χ1) is 9.28. The molecule has 0 aromatic rings. The van der Waals surface area contributed by atoms with E-state index in [-0.39, 0.29) is 0 Å². The van der Waals surface area contributed by atoms with Gasteiger partial charge in [0, 0.05) is 0 Å². The Morgan fingerprint density at radius 2 is 2.05 bits per heavy atom. The van der Waals surface area contributed by atoms with E-state index in [1.54, 1.807) is 32.5 Å². The molecule has 1 fully saturated rings. The maximum absolute atomic E-state index is 11.6. The van der Waals surface area contributed by atoms with Crippen LogP contribution in [0.1, 0.15) is 46.5 Å². The number of carbonyl (C=O) groups excluding carboxylic acids is 1. The Labute approximate surface area is 124 Å². The first kappa shape index (κ1) is 17.1. The van der Waals surface area contributed by atoms with Crippen molar-refractivity contribution in [2.75, 3.05) is 11.5 Å². The van der Waals surface area contributed by atoms with Crippen molar-refractivity contribution in [2.24, 2.45) is 5.92 Å². The molecule has 116 valence electrons. The number of nitrogens with one attached hydrogen (secondary N) is 1. The molecule has 5 nitrogen and oxygen atoms in total. The van der Waals surface area contributed by atoms with E-state index in [4.69, 9.17) is 9.84 Å². The summed E-state index contributed by atoms with van der Waals surface area (Å²) in [6, 6.07) is -0.876. The van der Waals surface area contributed by atoms with Crippen molar-refractivity contribution in [2.45, 2.75) is 58.1 Å². The lowest BCUT2D eigenvalue weighted by Gasteiger charge is -2.25. The highest BCUT2D eigenvalue weighted by atomic mass is 32.2. The average molecular weight is 303 g/mol. The Morgan fingerprint density at radius 3 is 2.50 bits per heavy atom. The van der Waals surface area contributed by atoms with Crippen molar-refractivity contribution in [1.82, 2.24) is 5.32 Å². The van der Waals surface area contributed by atoms with Gasteiger partial charge in [-0.3, -0.25) is 0 Å². The van der Waals surface area contributed by atoms with Gasteiger partial charge in [-0.2, -0.15) is 11.8 Å². The summed E-state index contributed by atoms with van der Waals surface area (Å²) in [4.78, 5) is 22.7. The van der Waals surface area contributed by atoms with Crippen molar-refractivity contribution < 1.29 is 19.4 Å². The average Bonchev–Trinajstić information content (AvgIpc) is 2.21. The quantitative estimate of drug-likeness (QED) is 0.707. The van der Waals surface area contributed by atoms with E-state index in [9.17, 15) is 9.59 Å². The second kappa shape index (κ2) is 7.76. The Hall–Kier alpha value is -0.910. The number of hydrogen-bond donors (Lipinski definition) is 2. The predicted molar refractivity (Wildman–Crippen MR) is 80.1 cm³/mol. The van der Waals surface area contributed by atoms with Crippen LogP contribution < -0.4 is 5.32 Å². The minimum atomic E-state index is -1.01. The summed E-state index contributed by atoms with van der Waals surface area (Å²) in [6.07, 6.45) is 3.67. The number of hydrogen-bond acceptors (Lipinski definition) is 4. The molecular formula is C14H25NO4S. The van der Waals surface area contributed by atoms with Gasteiger partial charge in [0.05, 0.1) is 0 Å². The number of thioether (sulfide) groups is 1. The van der Waals surface area contributed by atoms with Gasteiger partial charge in [-0.25, -0.2) is 9.59 Å². The summed E-state index contributed by atoms with van der Waals surface area (Å²) in [5.41, 5.74) is -0.619. The van der Waals surface area contributed by atoms with E-state index < -0.39 is 23.7 Å². The van der Waals surface area contributed by atoms with E-state index in [1.807, 2.05) is 0 Å². The monoisotopic (exact) mass is 303 g/mol. The molecule has 0 aromatic carbocycles. The van der Waals surface area contributed by atoms with Gasteiger partial charge in [0.2, 0.25) is 0 Å². The smallest absolute Gasteiger partial charge is 0.408 e. The molecule has 0 spiro atoms. The maximum Gasteiger partial charge on any atom is 0.408 e. The summed E-state index contributed by atoms with van der Waals surface area (Å²) >= 11 is 1.77. The number of rotatable bonds is 7. The Kier molecular flexibility index (Phi) is 6.65. The molecule has 0 bridgehead atoms. The highest BCUT2D eigenvalue weighted by molar-refractivity contribution is 7.99. The van der Waals surface area contributed by atoms with Gasteiger partial charge in [0.15, 0.2) is 0 Å². The molecule has 0 heterocycles. The van der Waals surface area contributed by atoms with Gasteiger partial charge in [-0.1, -0.05) is 6.42 Å². The second-order valence-corrected chi connectivity index (χ2v) is 7.35. The molecule has 0 radical (unpaired) electrons. The van der Waals surface area contributed by atoms with Gasteiger partial charge in [-0.05, 0) is 57.5 Å². The van der Waals surface area contributed by atoms with Gasteiger partial charge < -0.3 is 15.2 Å². The fourth-order valence-electron chi connectivity index (χ4n) is 1.82. The maximum atomic E-state index is 11.6. The fraction of sp³-hybridized carbons (Fsp3) is 0.857. The van der Waals surface area contributed by atoms with Crippen LogP contribution in [0.3, 0.4) is 0 Å². The molecule has 1 rings (SSSR count). The summed E-state index contributed by atoms with van der Waals surface area (Å²) < 4.78 is 5.07. The van der Waals surface area contributed by atoms with Crippen LogP contribution >= 0.6 is 11.8 Å². The number of carboxylic acid groups (broad SMARTS) is 1. The zero-order chi connectivity index (χ0) is 15.2. The van der Waals surface area contributed by atoms with Crippen molar-refractivity contribution in [3.8, 4) is 0 Å². The van der Waals surface area contributed by atoms with E-state index in [1.165, 1.54) is 19.3 Å². The van der Waals surface area contributed by atoms with Crippen molar-refractivity contribution >= 4 is 23.8 Å². The topological polar surface area (TPSA) is 75.6 Å². The molecule has 1 aliphatic rings. The third-order valence-corrected chi connectivity index (χ3v) is 4.35. The third-order valence-electron chi connectivity index (χ3n) is 3.12. The molecule has 1 unspecified atom stereocenters. The van der Waals surface area contributed by atoms with Gasteiger partial charge in [0.25, 0.3) is 0 Å². The molecule has 20 heavy (non-hydrogen) atoms. The number of ether oxygens (including phenoxy) is 1. The number of alkyl carbamates (subject to hydrolysis) is 1. The molecule has 1 aliphatic carbocycles. The second-order valence-electron chi connectivity index (χ2n) is 6.20. The zero-order valence-electron chi connectivity index (χ0n) is 12.5. The van der Waals surface area contributed by atoms with Gasteiger partial charge in [0.1, 0.15) is 11.6 Å². The molecule has 1 atom stereocenters. The molecular weight excluding hydrogens is 278 g/mol. The zero-order valence-corrected chi connectivity index (χ0v) is 13.3. The summed E-state index contributed by atoms with van der Waals surface area (Å²) in [6.45, 7) is 5.24. The molecule has 2 N–H and O–H groups in total. The largest absolute Gasteiger partial charge is 0.480 e. The van der Waals surface area contributed by atoms with E-state index in [0.717, 1.165) is 17.4 Å². The number of amides is 1. The minimum Gasteiger partial charge on any atom is -0.480 e. The molecule has 0 saturated heterocycles. The first-order valence-corrected chi connectivity index (χ1v) is 8.23. The number of aliphatic carboxylic acids is 1. The fourth-order valence-corrected chi connectivity index (χ4v) is 3.05. The van der Waals surface area contributed by atoms with Gasteiger partial charge >= 0.3 is 12.1 Å². The lowest BCUT2D eigenvalue weighted by atomic mass is 9.87. The van der Waals surface area contributed by atoms with Crippen LogP contribution in [-0.4, -0.2) is 40.3 Å². The number of carboxylic acids is 1. The van der Waals surface area contributed by atoms with Crippen LogP contribution in [-0.2, 0) is 9.53 Å². The van der Waals surface area contributed by atoms with Crippen LogP contribution in [0.2, 0.25) is 0 Å². The third kappa shape index (κ3) is 7.03. The molecule has 6 heteroatoms. The van der Waals surface area contributed by atoms with Crippen molar-refractivity contribution in [1.29, 1.82) is 0 Å². The Morgan fingerprint density at radius 1 is 1.40 bits per heavy atom. The molecule has 0 aromatic heterocycles. The van der Waals surface area contributed by atoms with E-state index in [2.05, 4.69) is 5.32 Å². The SMILES string of the molecule is CC(C)(C)OC(=O)NC(CCSCC1CCC1)C(=O)O. The molecule has 1 amide bonds. The summed E-state index contributed by atoms with van der Waals surface area (Å²) in [7, 11) is 0. The highest BCUT2D eigenvalue weighted by Crippen LogP contribution is 2.29. The van der Waals surface area contributed by atoms with Crippen molar-refractivity contribution in [3.63, 3.8) is 0 Å². The summed E-state index contributed by atoms with van der Waals surface area (Å²) in [5, 5.41) is 11.5. The van der Waals surface area contributed by atoms with Crippen LogP contribution in [0.5, 0.6) is 0 Å². The predicted octanol–water partition coefficient (Wildman–Crippen LogP) is 2.89. The first-order valence-electron chi connectivity index (χ1n) is 7.08. The number of carbonyl (C=O) groups is 2.